The van der Waals surface area contributed by atoms with Gasteiger partial charge in [-0.3, -0.25) is 0 Å². The molecule has 1 aliphatic carbocycles. The normalized spacial score (nSPS) is 14.4. The van der Waals surface area contributed by atoms with E-state index in [1.807, 2.05) is 6.07 Å². The number of rotatable bonds is 5. The molecule has 0 saturated heterocycles. The molecule has 0 spiro atoms. The summed E-state index contributed by atoms with van der Waals surface area (Å²) in [5.41, 5.74) is 6.57. The first-order chi connectivity index (χ1) is 7.79. The first-order valence-corrected chi connectivity index (χ1v) is 5.30. The zero-order chi connectivity index (χ0) is 11.4. The fourth-order valence-corrected chi connectivity index (χ4v) is 1.37. The van der Waals surface area contributed by atoms with E-state index < -0.39 is 0 Å². The maximum absolute atomic E-state index is 8.87. The second kappa shape index (κ2) is 4.86. The summed E-state index contributed by atoms with van der Waals surface area (Å²) in [5, 5.41) is 8.87. The number of anilines is 1. The van der Waals surface area contributed by atoms with Crippen molar-refractivity contribution in [2.45, 2.75) is 12.8 Å². The molecule has 2 rings (SSSR count). The van der Waals surface area contributed by atoms with Gasteiger partial charge in [-0.2, -0.15) is 5.26 Å². The van der Waals surface area contributed by atoms with E-state index in [0.29, 0.717) is 22.9 Å². The Bertz CT molecular complexity index is 408. The van der Waals surface area contributed by atoms with Crippen LogP contribution in [0.2, 0.25) is 0 Å². The van der Waals surface area contributed by atoms with E-state index in [-0.39, 0.29) is 6.79 Å². The van der Waals surface area contributed by atoms with Gasteiger partial charge in [0.1, 0.15) is 11.8 Å². The monoisotopic (exact) mass is 218 g/mol. The van der Waals surface area contributed by atoms with E-state index in [0.717, 1.165) is 6.61 Å². The first-order valence-electron chi connectivity index (χ1n) is 5.30. The molecule has 4 heteroatoms. The molecule has 2 N–H and O–H groups in total. The minimum Gasteiger partial charge on any atom is -0.466 e. The lowest BCUT2D eigenvalue weighted by Gasteiger charge is -2.08. The number of nitrogens with two attached hydrogens (primary N) is 1. The molecule has 0 aliphatic heterocycles. The molecular weight excluding hydrogens is 204 g/mol. The molecule has 1 aromatic rings. The van der Waals surface area contributed by atoms with Gasteiger partial charge >= 0.3 is 0 Å². The lowest BCUT2D eigenvalue weighted by Crippen LogP contribution is -2.06. The van der Waals surface area contributed by atoms with Gasteiger partial charge < -0.3 is 15.2 Å². The highest BCUT2D eigenvalue weighted by Gasteiger charge is 2.21. The molecule has 0 radical (unpaired) electrons. The van der Waals surface area contributed by atoms with Crippen LogP contribution in [0.4, 0.5) is 5.69 Å². The fourth-order valence-electron chi connectivity index (χ4n) is 1.37. The Labute approximate surface area is 94.6 Å². The molecule has 0 bridgehead atoms. The van der Waals surface area contributed by atoms with Crippen molar-refractivity contribution in [2.75, 3.05) is 19.1 Å². The predicted molar refractivity (Wildman–Crippen MR) is 59.7 cm³/mol. The summed E-state index contributed by atoms with van der Waals surface area (Å²) in [6, 6.07) is 7.03. The van der Waals surface area contributed by atoms with Crippen molar-refractivity contribution in [2.24, 2.45) is 5.92 Å². The maximum Gasteiger partial charge on any atom is 0.189 e. The van der Waals surface area contributed by atoms with E-state index in [2.05, 4.69) is 0 Å². The summed E-state index contributed by atoms with van der Waals surface area (Å²) in [7, 11) is 0. The summed E-state index contributed by atoms with van der Waals surface area (Å²) in [5.74, 6) is 1.23. The lowest BCUT2D eigenvalue weighted by molar-refractivity contribution is 0.00983. The van der Waals surface area contributed by atoms with Crippen molar-refractivity contribution in [1.82, 2.24) is 0 Å². The zero-order valence-electron chi connectivity index (χ0n) is 8.98. The van der Waals surface area contributed by atoms with Gasteiger partial charge in [0, 0.05) is 5.69 Å². The molecule has 0 atom stereocenters. The van der Waals surface area contributed by atoms with Gasteiger partial charge in [-0.25, -0.2) is 0 Å². The van der Waals surface area contributed by atoms with Gasteiger partial charge in [-0.15, -0.1) is 0 Å². The Morgan fingerprint density at radius 1 is 1.44 bits per heavy atom. The summed E-state index contributed by atoms with van der Waals surface area (Å²) in [6.45, 7) is 0.936. The van der Waals surface area contributed by atoms with Crippen molar-refractivity contribution in [3.05, 3.63) is 23.8 Å². The van der Waals surface area contributed by atoms with E-state index in [1.165, 1.54) is 12.8 Å². The highest BCUT2D eigenvalue weighted by atomic mass is 16.7. The van der Waals surface area contributed by atoms with Gasteiger partial charge in [0.15, 0.2) is 6.79 Å². The smallest absolute Gasteiger partial charge is 0.189 e. The number of hydrogen-bond acceptors (Lipinski definition) is 4. The average Bonchev–Trinajstić information content (AvgIpc) is 3.09. The molecule has 84 valence electrons. The molecule has 1 fully saturated rings. The van der Waals surface area contributed by atoms with Gasteiger partial charge in [-0.05, 0) is 37.0 Å². The third-order valence-corrected chi connectivity index (χ3v) is 2.47. The molecule has 16 heavy (non-hydrogen) atoms. The summed E-state index contributed by atoms with van der Waals surface area (Å²) < 4.78 is 10.7. The first kappa shape index (κ1) is 10.8. The van der Waals surface area contributed by atoms with Crippen LogP contribution >= 0.6 is 0 Å². The lowest BCUT2D eigenvalue weighted by atomic mass is 10.2. The van der Waals surface area contributed by atoms with Crippen molar-refractivity contribution < 1.29 is 9.47 Å². The Morgan fingerprint density at radius 2 is 2.25 bits per heavy atom. The van der Waals surface area contributed by atoms with Crippen LogP contribution in [0.25, 0.3) is 0 Å². The fraction of sp³-hybridized carbons (Fsp3) is 0.417. The summed E-state index contributed by atoms with van der Waals surface area (Å²) >= 11 is 0. The predicted octanol–water partition coefficient (Wildman–Crippen LogP) is 1.90. The summed E-state index contributed by atoms with van der Waals surface area (Å²) in [4.78, 5) is 0. The Hall–Kier alpha value is -1.73. The van der Waals surface area contributed by atoms with Gasteiger partial charge in [0.25, 0.3) is 0 Å². The van der Waals surface area contributed by atoms with Crippen LogP contribution < -0.4 is 10.5 Å². The van der Waals surface area contributed by atoms with Crippen molar-refractivity contribution in [3.63, 3.8) is 0 Å². The Balaban J connectivity index is 1.85. The van der Waals surface area contributed by atoms with Crippen LogP contribution in [-0.2, 0) is 4.74 Å². The number of ether oxygens (including phenoxy) is 2. The number of benzene rings is 1. The van der Waals surface area contributed by atoms with Crippen LogP contribution in [0.15, 0.2) is 18.2 Å². The molecule has 4 nitrogen and oxygen atoms in total. The average molecular weight is 218 g/mol. The highest BCUT2D eigenvalue weighted by Crippen LogP contribution is 2.28. The number of hydrogen-bond donors (Lipinski definition) is 1. The third-order valence-electron chi connectivity index (χ3n) is 2.47. The van der Waals surface area contributed by atoms with Crippen LogP contribution in [0.5, 0.6) is 5.75 Å². The molecule has 1 aliphatic rings. The molecular formula is C12H14N2O2. The minimum atomic E-state index is 0.190. The van der Waals surface area contributed by atoms with E-state index in [4.69, 9.17) is 20.5 Å². The zero-order valence-corrected chi connectivity index (χ0v) is 8.98. The standard InChI is InChI=1S/C12H14N2O2/c13-6-10-5-11(14)3-4-12(10)16-8-15-7-9-1-2-9/h3-5,9H,1-2,7-8,14H2. The largest absolute Gasteiger partial charge is 0.466 e. The van der Waals surface area contributed by atoms with Crippen LogP contribution in [0.1, 0.15) is 18.4 Å². The third kappa shape index (κ3) is 2.88. The Morgan fingerprint density at radius 3 is 2.94 bits per heavy atom. The van der Waals surface area contributed by atoms with E-state index in [1.54, 1.807) is 18.2 Å². The van der Waals surface area contributed by atoms with Gasteiger partial charge in [0.2, 0.25) is 0 Å². The van der Waals surface area contributed by atoms with E-state index >= 15 is 0 Å². The van der Waals surface area contributed by atoms with E-state index in [9.17, 15) is 0 Å². The second-order valence-corrected chi connectivity index (χ2v) is 3.94. The van der Waals surface area contributed by atoms with Crippen LogP contribution in [0, 0.1) is 17.2 Å². The quantitative estimate of drug-likeness (QED) is 0.465. The van der Waals surface area contributed by atoms with Crippen LogP contribution in [0.3, 0.4) is 0 Å². The van der Waals surface area contributed by atoms with Crippen molar-refractivity contribution >= 4 is 5.69 Å². The van der Waals surface area contributed by atoms with Crippen LogP contribution in [-0.4, -0.2) is 13.4 Å². The highest BCUT2D eigenvalue weighted by molar-refractivity contribution is 5.53. The molecule has 0 aromatic heterocycles. The number of nitrogen functional groups attached to an aromatic ring is 1. The molecule has 0 heterocycles. The molecule has 1 aromatic carbocycles. The van der Waals surface area contributed by atoms with Crippen molar-refractivity contribution in [1.29, 1.82) is 5.26 Å². The number of nitriles is 1. The molecule has 1 saturated carbocycles. The Kier molecular flexibility index (Phi) is 3.28. The topological polar surface area (TPSA) is 68.3 Å². The van der Waals surface area contributed by atoms with Crippen molar-refractivity contribution in [3.8, 4) is 11.8 Å². The molecule has 0 unspecified atom stereocenters. The SMILES string of the molecule is N#Cc1cc(N)ccc1OCOCC1CC1. The second-order valence-electron chi connectivity index (χ2n) is 3.94. The van der Waals surface area contributed by atoms with Gasteiger partial charge in [0.05, 0.1) is 12.2 Å². The summed E-state index contributed by atoms with van der Waals surface area (Å²) in [6.07, 6.45) is 2.51. The number of nitrogens with zero attached hydrogens (tertiary/aromatic N) is 1. The van der Waals surface area contributed by atoms with Gasteiger partial charge in [-0.1, -0.05) is 0 Å². The minimum absolute atomic E-state index is 0.190. The molecule has 0 amide bonds. The maximum atomic E-state index is 8.87.